The van der Waals surface area contributed by atoms with Gasteiger partial charge in [-0.05, 0) is 46.7 Å². The molecule has 1 heterocycles. The molecule has 18 heavy (non-hydrogen) atoms. The molecule has 1 aromatic carbocycles. The predicted octanol–water partition coefficient (Wildman–Crippen LogP) is 3.39. The molecule has 1 aromatic heterocycles. The summed E-state index contributed by atoms with van der Waals surface area (Å²) in [6.45, 7) is 2.05. The van der Waals surface area contributed by atoms with Crippen LogP contribution in [-0.2, 0) is 11.3 Å². The number of ether oxygens (including phenoxy) is 2. The lowest BCUT2D eigenvalue weighted by Gasteiger charge is -2.08. The number of hydrogen-bond acceptors (Lipinski definition) is 4. The smallest absolute Gasteiger partial charge is 0.119 e. The van der Waals surface area contributed by atoms with E-state index in [9.17, 15) is 0 Å². The van der Waals surface area contributed by atoms with Crippen molar-refractivity contribution in [2.75, 3.05) is 25.6 Å². The van der Waals surface area contributed by atoms with Crippen LogP contribution in [0.25, 0.3) is 0 Å². The molecular formula is C14H17NO2S. The van der Waals surface area contributed by atoms with Crippen LogP contribution in [0.4, 0.5) is 5.69 Å². The number of rotatable bonds is 7. The topological polar surface area (TPSA) is 30.5 Å². The van der Waals surface area contributed by atoms with Crippen LogP contribution in [0.5, 0.6) is 5.75 Å². The van der Waals surface area contributed by atoms with E-state index in [0.717, 1.165) is 18.0 Å². The summed E-state index contributed by atoms with van der Waals surface area (Å²) in [4.78, 5) is 0. The van der Waals surface area contributed by atoms with Crippen LogP contribution in [-0.4, -0.2) is 20.3 Å². The standard InChI is InChI=1S/C14H17NO2S/c1-16-7-8-17-14-4-2-13(3-5-14)15-10-12-6-9-18-11-12/h2-6,9,11,15H,7-8,10H2,1H3. The highest BCUT2D eigenvalue weighted by atomic mass is 32.1. The van der Waals surface area contributed by atoms with Gasteiger partial charge in [-0.15, -0.1) is 0 Å². The van der Waals surface area contributed by atoms with E-state index in [4.69, 9.17) is 9.47 Å². The number of anilines is 1. The van der Waals surface area contributed by atoms with Crippen molar-refractivity contribution in [1.82, 2.24) is 0 Å². The molecule has 0 radical (unpaired) electrons. The van der Waals surface area contributed by atoms with Gasteiger partial charge in [-0.2, -0.15) is 11.3 Å². The zero-order valence-electron chi connectivity index (χ0n) is 10.4. The van der Waals surface area contributed by atoms with Crippen molar-refractivity contribution >= 4 is 17.0 Å². The van der Waals surface area contributed by atoms with Gasteiger partial charge in [0.15, 0.2) is 0 Å². The van der Waals surface area contributed by atoms with Crippen molar-refractivity contribution in [3.63, 3.8) is 0 Å². The Morgan fingerprint density at radius 1 is 1.11 bits per heavy atom. The molecule has 0 spiro atoms. The minimum Gasteiger partial charge on any atom is -0.491 e. The first-order valence-electron chi connectivity index (χ1n) is 5.85. The monoisotopic (exact) mass is 263 g/mol. The molecule has 2 aromatic rings. The lowest BCUT2D eigenvalue weighted by Crippen LogP contribution is -2.04. The number of thiophene rings is 1. The minimum atomic E-state index is 0.582. The summed E-state index contributed by atoms with van der Waals surface area (Å²) in [5.41, 5.74) is 2.40. The van der Waals surface area contributed by atoms with Gasteiger partial charge in [0.2, 0.25) is 0 Å². The van der Waals surface area contributed by atoms with Gasteiger partial charge in [0.25, 0.3) is 0 Å². The summed E-state index contributed by atoms with van der Waals surface area (Å²) in [5.74, 6) is 0.869. The molecule has 0 aliphatic rings. The van der Waals surface area contributed by atoms with E-state index in [1.54, 1.807) is 18.4 Å². The van der Waals surface area contributed by atoms with Gasteiger partial charge < -0.3 is 14.8 Å². The van der Waals surface area contributed by atoms with E-state index in [2.05, 4.69) is 22.1 Å². The number of nitrogens with one attached hydrogen (secondary N) is 1. The molecule has 0 aliphatic heterocycles. The highest BCUT2D eigenvalue weighted by molar-refractivity contribution is 7.07. The molecular weight excluding hydrogens is 246 g/mol. The van der Waals surface area contributed by atoms with Crippen molar-refractivity contribution in [2.45, 2.75) is 6.54 Å². The summed E-state index contributed by atoms with van der Waals surface area (Å²) in [6, 6.07) is 10.1. The first kappa shape index (κ1) is 12.9. The molecule has 0 saturated heterocycles. The zero-order valence-corrected chi connectivity index (χ0v) is 11.2. The van der Waals surface area contributed by atoms with Gasteiger partial charge in [-0.1, -0.05) is 0 Å². The molecule has 1 N–H and O–H groups in total. The van der Waals surface area contributed by atoms with E-state index < -0.39 is 0 Å². The summed E-state index contributed by atoms with van der Waals surface area (Å²) in [7, 11) is 1.67. The molecule has 0 fully saturated rings. The molecule has 4 heteroatoms. The summed E-state index contributed by atoms with van der Waals surface area (Å²) >= 11 is 1.72. The van der Waals surface area contributed by atoms with Crippen LogP contribution >= 0.6 is 11.3 Å². The molecule has 96 valence electrons. The average molecular weight is 263 g/mol. The average Bonchev–Trinajstić information content (AvgIpc) is 2.91. The lowest BCUT2D eigenvalue weighted by molar-refractivity contribution is 0.146. The Balaban J connectivity index is 1.80. The fourth-order valence-electron chi connectivity index (χ4n) is 1.51. The van der Waals surface area contributed by atoms with E-state index in [1.165, 1.54) is 5.56 Å². The van der Waals surface area contributed by atoms with Crippen molar-refractivity contribution < 1.29 is 9.47 Å². The largest absolute Gasteiger partial charge is 0.491 e. The van der Waals surface area contributed by atoms with Gasteiger partial charge in [0.05, 0.1) is 6.61 Å². The molecule has 0 bridgehead atoms. The highest BCUT2D eigenvalue weighted by Gasteiger charge is 1.96. The molecule has 2 rings (SSSR count). The molecule has 0 saturated carbocycles. The second-order valence-electron chi connectivity index (χ2n) is 3.85. The quantitative estimate of drug-likeness (QED) is 0.777. The highest BCUT2D eigenvalue weighted by Crippen LogP contribution is 2.16. The van der Waals surface area contributed by atoms with Gasteiger partial charge >= 0.3 is 0 Å². The Hall–Kier alpha value is -1.52. The molecule has 3 nitrogen and oxygen atoms in total. The number of methoxy groups -OCH3 is 1. The van der Waals surface area contributed by atoms with Gasteiger partial charge in [0, 0.05) is 19.3 Å². The van der Waals surface area contributed by atoms with Crippen LogP contribution in [0.15, 0.2) is 41.1 Å². The lowest BCUT2D eigenvalue weighted by atomic mass is 10.3. The van der Waals surface area contributed by atoms with E-state index >= 15 is 0 Å². The second-order valence-corrected chi connectivity index (χ2v) is 4.63. The van der Waals surface area contributed by atoms with Crippen molar-refractivity contribution in [3.05, 3.63) is 46.7 Å². The van der Waals surface area contributed by atoms with Crippen molar-refractivity contribution in [2.24, 2.45) is 0 Å². The number of hydrogen-bond donors (Lipinski definition) is 1. The Morgan fingerprint density at radius 3 is 2.61 bits per heavy atom. The SMILES string of the molecule is COCCOc1ccc(NCc2ccsc2)cc1. The Labute approximate surface area is 111 Å². The summed E-state index contributed by atoms with van der Waals surface area (Å²) in [6.07, 6.45) is 0. The van der Waals surface area contributed by atoms with Crippen LogP contribution < -0.4 is 10.1 Å². The van der Waals surface area contributed by atoms with Gasteiger partial charge in [-0.3, -0.25) is 0 Å². The van der Waals surface area contributed by atoms with Crippen LogP contribution in [0, 0.1) is 0 Å². The molecule has 0 unspecified atom stereocenters. The first-order valence-corrected chi connectivity index (χ1v) is 6.79. The Kier molecular flexibility index (Phi) is 5.05. The van der Waals surface area contributed by atoms with Crippen LogP contribution in [0.2, 0.25) is 0 Å². The normalized spacial score (nSPS) is 10.3. The van der Waals surface area contributed by atoms with Gasteiger partial charge in [-0.25, -0.2) is 0 Å². The molecule has 0 amide bonds. The molecule has 0 aliphatic carbocycles. The molecule has 0 atom stereocenters. The Bertz CT molecular complexity index is 439. The first-order chi connectivity index (χ1) is 8.88. The second kappa shape index (κ2) is 7.03. The maximum Gasteiger partial charge on any atom is 0.119 e. The zero-order chi connectivity index (χ0) is 12.6. The number of benzene rings is 1. The van der Waals surface area contributed by atoms with Gasteiger partial charge in [0.1, 0.15) is 12.4 Å². The van der Waals surface area contributed by atoms with Crippen molar-refractivity contribution in [3.8, 4) is 5.75 Å². The van der Waals surface area contributed by atoms with Crippen LogP contribution in [0.3, 0.4) is 0 Å². The minimum absolute atomic E-state index is 0.582. The third-order valence-corrected chi connectivity index (χ3v) is 3.22. The predicted molar refractivity (Wildman–Crippen MR) is 75.5 cm³/mol. The van der Waals surface area contributed by atoms with Crippen molar-refractivity contribution in [1.29, 1.82) is 0 Å². The third-order valence-electron chi connectivity index (χ3n) is 2.49. The fraction of sp³-hybridized carbons (Fsp3) is 0.286. The Morgan fingerprint density at radius 2 is 1.94 bits per heavy atom. The maximum absolute atomic E-state index is 5.50. The van der Waals surface area contributed by atoms with E-state index in [1.807, 2.05) is 24.3 Å². The fourth-order valence-corrected chi connectivity index (χ4v) is 2.18. The van der Waals surface area contributed by atoms with E-state index in [0.29, 0.717) is 13.2 Å². The maximum atomic E-state index is 5.50. The third kappa shape index (κ3) is 4.05. The summed E-state index contributed by atoms with van der Waals surface area (Å²) < 4.78 is 10.4. The van der Waals surface area contributed by atoms with E-state index in [-0.39, 0.29) is 0 Å². The van der Waals surface area contributed by atoms with Crippen LogP contribution in [0.1, 0.15) is 5.56 Å². The summed E-state index contributed by atoms with van der Waals surface area (Å²) in [5, 5.41) is 7.60.